The van der Waals surface area contributed by atoms with Gasteiger partial charge < -0.3 is 9.84 Å². The van der Waals surface area contributed by atoms with Crippen LogP contribution in [0.4, 0.5) is 10.5 Å². The normalized spacial score (nSPS) is 17.0. The van der Waals surface area contributed by atoms with Crippen molar-refractivity contribution in [3.8, 4) is 0 Å². The van der Waals surface area contributed by atoms with Gasteiger partial charge in [0.2, 0.25) is 0 Å². The number of nitrogens with zero attached hydrogens (tertiary/aromatic N) is 1. The Morgan fingerprint density at radius 1 is 1.27 bits per heavy atom. The SMILES string of the molecule is COC(=O)N1CCCC1C(=O)NNc1ccc(C(=O)O)cc1. The van der Waals surface area contributed by atoms with Crippen molar-refractivity contribution in [2.45, 2.75) is 18.9 Å². The van der Waals surface area contributed by atoms with E-state index in [0.717, 1.165) is 6.42 Å². The Balaban J connectivity index is 1.92. The van der Waals surface area contributed by atoms with Gasteiger partial charge in [0.1, 0.15) is 6.04 Å². The van der Waals surface area contributed by atoms with Crippen molar-refractivity contribution in [2.24, 2.45) is 0 Å². The molecule has 1 heterocycles. The molecule has 22 heavy (non-hydrogen) atoms. The standard InChI is InChI=1S/C14H17N3O5/c1-22-14(21)17-8-2-3-11(17)12(18)16-15-10-6-4-9(5-7-10)13(19)20/h4-7,11,15H,2-3,8H2,1H3,(H,16,18)(H,19,20). The predicted octanol–water partition coefficient (Wildman–Crippen LogP) is 1.06. The Bertz CT molecular complexity index is 572. The molecule has 2 rings (SSSR count). The summed E-state index contributed by atoms with van der Waals surface area (Å²) in [5, 5.41) is 8.80. The number of amides is 2. The van der Waals surface area contributed by atoms with Crippen LogP contribution in [0.2, 0.25) is 0 Å². The van der Waals surface area contributed by atoms with Gasteiger partial charge in [-0.05, 0) is 37.1 Å². The van der Waals surface area contributed by atoms with Crippen LogP contribution in [0.5, 0.6) is 0 Å². The second-order valence-electron chi connectivity index (χ2n) is 4.82. The minimum Gasteiger partial charge on any atom is -0.478 e. The molecule has 1 saturated heterocycles. The number of carbonyl (C=O) groups excluding carboxylic acids is 2. The first-order valence-electron chi connectivity index (χ1n) is 6.76. The zero-order valence-corrected chi connectivity index (χ0v) is 12.0. The van der Waals surface area contributed by atoms with E-state index >= 15 is 0 Å². The zero-order chi connectivity index (χ0) is 16.1. The van der Waals surface area contributed by atoms with E-state index in [-0.39, 0.29) is 11.5 Å². The summed E-state index contributed by atoms with van der Waals surface area (Å²) in [5.41, 5.74) is 5.91. The fraction of sp³-hybridized carbons (Fsp3) is 0.357. The van der Waals surface area contributed by atoms with Gasteiger partial charge in [-0.15, -0.1) is 0 Å². The number of carbonyl (C=O) groups is 3. The molecule has 8 heteroatoms. The lowest BCUT2D eigenvalue weighted by molar-refractivity contribution is -0.124. The highest BCUT2D eigenvalue weighted by Crippen LogP contribution is 2.18. The van der Waals surface area contributed by atoms with Crippen molar-refractivity contribution in [2.75, 3.05) is 19.1 Å². The molecular weight excluding hydrogens is 290 g/mol. The molecule has 118 valence electrons. The third kappa shape index (κ3) is 3.46. The largest absolute Gasteiger partial charge is 0.478 e. The van der Waals surface area contributed by atoms with E-state index in [4.69, 9.17) is 5.11 Å². The molecule has 1 atom stereocenters. The highest BCUT2D eigenvalue weighted by atomic mass is 16.5. The van der Waals surface area contributed by atoms with Gasteiger partial charge in [-0.2, -0.15) is 0 Å². The van der Waals surface area contributed by atoms with Crippen LogP contribution >= 0.6 is 0 Å². The minimum atomic E-state index is -1.02. The summed E-state index contributed by atoms with van der Waals surface area (Å²) in [6.45, 7) is 0.484. The van der Waals surface area contributed by atoms with Crippen LogP contribution in [0, 0.1) is 0 Å². The summed E-state index contributed by atoms with van der Waals surface area (Å²) in [4.78, 5) is 35.8. The number of carboxylic acids is 1. The van der Waals surface area contributed by atoms with Gasteiger partial charge >= 0.3 is 12.1 Å². The number of carboxylic acid groups (broad SMARTS) is 1. The van der Waals surface area contributed by atoms with Gasteiger partial charge in [0, 0.05) is 6.54 Å². The fourth-order valence-electron chi connectivity index (χ4n) is 2.29. The molecule has 3 N–H and O–H groups in total. The summed E-state index contributed by atoms with van der Waals surface area (Å²) < 4.78 is 4.64. The first-order chi connectivity index (χ1) is 10.5. The van der Waals surface area contributed by atoms with Crippen LogP contribution in [0.25, 0.3) is 0 Å². The van der Waals surface area contributed by atoms with Gasteiger partial charge in [0.15, 0.2) is 0 Å². The number of hydrogen-bond acceptors (Lipinski definition) is 5. The van der Waals surface area contributed by atoms with E-state index in [1.807, 2.05) is 0 Å². The number of ether oxygens (including phenoxy) is 1. The summed E-state index contributed by atoms with van der Waals surface area (Å²) in [5.74, 6) is -1.36. The number of hydrazine groups is 1. The second-order valence-corrected chi connectivity index (χ2v) is 4.82. The number of rotatable bonds is 4. The van der Waals surface area contributed by atoms with E-state index in [0.29, 0.717) is 18.7 Å². The topological polar surface area (TPSA) is 108 Å². The Hall–Kier alpha value is -2.77. The number of nitrogens with one attached hydrogen (secondary N) is 2. The predicted molar refractivity (Wildman–Crippen MR) is 77.3 cm³/mol. The number of benzene rings is 1. The van der Waals surface area contributed by atoms with Crippen LogP contribution in [-0.2, 0) is 9.53 Å². The Morgan fingerprint density at radius 2 is 1.95 bits per heavy atom. The number of methoxy groups -OCH3 is 1. The van der Waals surface area contributed by atoms with Gasteiger partial charge in [-0.1, -0.05) is 0 Å². The monoisotopic (exact) mass is 307 g/mol. The van der Waals surface area contributed by atoms with Crippen molar-refractivity contribution in [1.82, 2.24) is 10.3 Å². The molecule has 0 aliphatic carbocycles. The Kier molecular flexibility index (Phi) is 4.82. The molecule has 8 nitrogen and oxygen atoms in total. The van der Waals surface area contributed by atoms with Crippen LogP contribution in [0.15, 0.2) is 24.3 Å². The van der Waals surface area contributed by atoms with Crippen LogP contribution in [0.1, 0.15) is 23.2 Å². The Morgan fingerprint density at radius 3 is 2.55 bits per heavy atom. The van der Waals surface area contributed by atoms with Gasteiger partial charge in [-0.3, -0.25) is 20.5 Å². The van der Waals surface area contributed by atoms with Crippen LogP contribution in [0.3, 0.4) is 0 Å². The first-order valence-corrected chi connectivity index (χ1v) is 6.76. The summed E-state index contributed by atoms with van der Waals surface area (Å²) in [6.07, 6.45) is 0.782. The maximum atomic E-state index is 12.1. The van der Waals surface area contributed by atoms with E-state index < -0.39 is 18.1 Å². The van der Waals surface area contributed by atoms with Crippen molar-refractivity contribution < 1.29 is 24.2 Å². The molecule has 0 radical (unpaired) electrons. The molecule has 0 bridgehead atoms. The highest BCUT2D eigenvalue weighted by Gasteiger charge is 2.34. The molecule has 1 aromatic carbocycles. The van der Waals surface area contributed by atoms with Crippen LogP contribution < -0.4 is 10.9 Å². The average Bonchev–Trinajstić information content (AvgIpc) is 3.01. The fourth-order valence-corrected chi connectivity index (χ4v) is 2.29. The first kappa shape index (κ1) is 15.6. The third-order valence-corrected chi connectivity index (χ3v) is 3.43. The number of likely N-dealkylation sites (tertiary alicyclic amines) is 1. The van der Waals surface area contributed by atoms with Crippen molar-refractivity contribution in [3.63, 3.8) is 0 Å². The molecule has 2 amide bonds. The maximum absolute atomic E-state index is 12.1. The van der Waals surface area contributed by atoms with E-state index in [1.165, 1.54) is 36.3 Å². The summed E-state index contributed by atoms with van der Waals surface area (Å²) in [7, 11) is 1.28. The van der Waals surface area contributed by atoms with Crippen molar-refractivity contribution >= 4 is 23.7 Å². The average molecular weight is 307 g/mol. The summed E-state index contributed by atoms with van der Waals surface area (Å²) >= 11 is 0. The van der Waals surface area contributed by atoms with Crippen LogP contribution in [-0.4, -0.2) is 47.7 Å². The molecule has 0 saturated carbocycles. The smallest absolute Gasteiger partial charge is 0.410 e. The van der Waals surface area contributed by atoms with Crippen molar-refractivity contribution in [3.05, 3.63) is 29.8 Å². The lowest BCUT2D eigenvalue weighted by Crippen LogP contribution is -2.47. The van der Waals surface area contributed by atoms with E-state index in [9.17, 15) is 14.4 Å². The number of anilines is 1. The highest BCUT2D eigenvalue weighted by molar-refractivity contribution is 5.88. The molecule has 1 aliphatic heterocycles. The number of aromatic carboxylic acids is 1. The molecule has 1 unspecified atom stereocenters. The van der Waals surface area contributed by atoms with Gasteiger partial charge in [0.25, 0.3) is 5.91 Å². The maximum Gasteiger partial charge on any atom is 0.410 e. The zero-order valence-electron chi connectivity index (χ0n) is 12.0. The van der Waals surface area contributed by atoms with Gasteiger partial charge in [-0.25, -0.2) is 9.59 Å². The number of hydrogen-bond donors (Lipinski definition) is 3. The second kappa shape index (κ2) is 6.79. The lowest BCUT2D eigenvalue weighted by atomic mass is 10.2. The molecule has 1 fully saturated rings. The summed E-state index contributed by atoms with van der Waals surface area (Å²) in [6, 6.07) is 5.35. The van der Waals surface area contributed by atoms with Gasteiger partial charge in [0.05, 0.1) is 18.4 Å². The Labute approximate surface area is 127 Å². The van der Waals surface area contributed by atoms with E-state index in [1.54, 1.807) is 0 Å². The minimum absolute atomic E-state index is 0.157. The van der Waals surface area contributed by atoms with Crippen molar-refractivity contribution in [1.29, 1.82) is 0 Å². The third-order valence-electron chi connectivity index (χ3n) is 3.43. The van der Waals surface area contributed by atoms with E-state index in [2.05, 4.69) is 15.6 Å². The molecule has 1 aliphatic rings. The molecule has 0 spiro atoms. The lowest BCUT2D eigenvalue weighted by Gasteiger charge is -2.22. The molecule has 0 aromatic heterocycles. The quantitative estimate of drug-likeness (QED) is 0.718. The molecule has 1 aromatic rings. The molecular formula is C14H17N3O5.